The van der Waals surface area contributed by atoms with Crippen LogP contribution in [0.2, 0.25) is 0 Å². The number of aryl methyl sites for hydroxylation is 3. The van der Waals surface area contributed by atoms with Gasteiger partial charge < -0.3 is 15.4 Å². The second kappa shape index (κ2) is 12.3. The average molecular weight is 522 g/mol. The average Bonchev–Trinajstić information content (AvgIpc) is 2.71. The third-order valence-corrected chi connectivity index (χ3v) is 5.56. The molecule has 1 fully saturated rings. The largest absolute Gasteiger partial charge is 0.379 e. The van der Waals surface area contributed by atoms with Crippen LogP contribution in [0.3, 0.4) is 0 Å². The van der Waals surface area contributed by atoms with Crippen LogP contribution in [0.25, 0.3) is 0 Å². The number of hydrogen-bond acceptors (Lipinski definition) is 3. The normalized spacial score (nSPS) is 14.9. The highest BCUT2D eigenvalue weighted by atomic mass is 127. The summed E-state index contributed by atoms with van der Waals surface area (Å²) in [5.74, 6) is 0.825. The number of ether oxygens (including phenoxy) is 1. The summed E-state index contributed by atoms with van der Waals surface area (Å²) in [6.07, 6.45) is 0. The minimum Gasteiger partial charge on any atom is -0.379 e. The number of nitrogens with one attached hydrogen (secondary N) is 2. The number of morpholine rings is 1. The molecule has 0 radical (unpaired) electrons. The number of aliphatic imine (C=N–C) groups is 1. The summed E-state index contributed by atoms with van der Waals surface area (Å²) >= 11 is 0. The van der Waals surface area contributed by atoms with Crippen LogP contribution >= 0.6 is 24.0 Å². The van der Waals surface area contributed by atoms with Crippen LogP contribution in [0, 0.1) is 20.8 Å². The second-order valence-corrected chi connectivity index (χ2v) is 7.81. The highest BCUT2D eigenvalue weighted by Gasteiger charge is 2.13. The smallest absolute Gasteiger partial charge is 0.191 e. The van der Waals surface area contributed by atoms with E-state index in [2.05, 4.69) is 77.7 Å². The second-order valence-electron chi connectivity index (χ2n) is 7.81. The molecule has 2 aromatic rings. The van der Waals surface area contributed by atoms with Crippen molar-refractivity contribution in [3.8, 4) is 0 Å². The zero-order chi connectivity index (χ0) is 20.6. The van der Waals surface area contributed by atoms with E-state index >= 15 is 0 Å². The molecule has 30 heavy (non-hydrogen) atoms. The van der Waals surface area contributed by atoms with Gasteiger partial charge in [0.2, 0.25) is 0 Å². The van der Waals surface area contributed by atoms with Crippen LogP contribution < -0.4 is 10.6 Å². The van der Waals surface area contributed by atoms with E-state index in [9.17, 15) is 0 Å². The van der Waals surface area contributed by atoms with Crippen molar-refractivity contribution >= 4 is 29.9 Å². The van der Waals surface area contributed by atoms with E-state index in [4.69, 9.17) is 4.74 Å². The first kappa shape index (κ1) is 24.6. The Hall–Kier alpha value is -1.64. The lowest BCUT2D eigenvalue weighted by Crippen LogP contribution is -2.38. The van der Waals surface area contributed by atoms with Crippen molar-refractivity contribution < 1.29 is 4.74 Å². The molecule has 1 saturated heterocycles. The topological polar surface area (TPSA) is 48.9 Å². The lowest BCUT2D eigenvalue weighted by molar-refractivity contribution is 0.0341. The van der Waals surface area contributed by atoms with Crippen LogP contribution in [-0.2, 0) is 24.4 Å². The van der Waals surface area contributed by atoms with Gasteiger partial charge in [-0.15, -0.1) is 24.0 Å². The Morgan fingerprint density at radius 2 is 1.57 bits per heavy atom. The van der Waals surface area contributed by atoms with Crippen molar-refractivity contribution in [2.24, 2.45) is 4.99 Å². The molecule has 0 aromatic heterocycles. The molecular weight excluding hydrogens is 487 g/mol. The lowest BCUT2D eigenvalue weighted by atomic mass is 10.00. The molecule has 0 spiro atoms. The first-order chi connectivity index (χ1) is 14.1. The number of nitrogens with zero attached hydrogens (tertiary/aromatic N) is 2. The van der Waals surface area contributed by atoms with Crippen molar-refractivity contribution in [2.75, 3.05) is 33.4 Å². The molecule has 1 heterocycles. The molecular formula is C24H35IN4O. The molecule has 5 nitrogen and oxygen atoms in total. The van der Waals surface area contributed by atoms with E-state index in [1.807, 2.05) is 7.05 Å². The summed E-state index contributed by atoms with van der Waals surface area (Å²) in [7, 11) is 1.82. The van der Waals surface area contributed by atoms with E-state index in [0.29, 0.717) is 0 Å². The van der Waals surface area contributed by atoms with Crippen molar-refractivity contribution in [2.45, 2.75) is 40.4 Å². The van der Waals surface area contributed by atoms with Gasteiger partial charge in [-0.25, -0.2) is 0 Å². The van der Waals surface area contributed by atoms with Crippen LogP contribution in [0.5, 0.6) is 0 Å². The first-order valence-corrected chi connectivity index (χ1v) is 10.4. The van der Waals surface area contributed by atoms with Gasteiger partial charge in [-0.05, 0) is 48.6 Å². The van der Waals surface area contributed by atoms with Crippen molar-refractivity contribution in [1.82, 2.24) is 15.5 Å². The van der Waals surface area contributed by atoms with Gasteiger partial charge in [0.15, 0.2) is 5.96 Å². The highest BCUT2D eigenvalue weighted by Crippen LogP contribution is 2.16. The van der Waals surface area contributed by atoms with Gasteiger partial charge in [-0.2, -0.15) is 0 Å². The number of benzene rings is 2. The van der Waals surface area contributed by atoms with Crippen molar-refractivity contribution in [1.29, 1.82) is 0 Å². The summed E-state index contributed by atoms with van der Waals surface area (Å²) in [5.41, 5.74) is 7.96. The molecule has 0 aliphatic carbocycles. The minimum atomic E-state index is 0. The molecule has 0 saturated carbocycles. The van der Waals surface area contributed by atoms with Crippen molar-refractivity contribution in [3.63, 3.8) is 0 Å². The zero-order valence-corrected chi connectivity index (χ0v) is 21.0. The molecule has 1 aliphatic heterocycles. The monoisotopic (exact) mass is 522 g/mol. The van der Waals surface area contributed by atoms with Gasteiger partial charge in [0.05, 0.1) is 13.2 Å². The van der Waals surface area contributed by atoms with E-state index in [0.717, 1.165) is 51.9 Å². The van der Waals surface area contributed by atoms with Crippen LogP contribution in [0.1, 0.15) is 33.4 Å². The summed E-state index contributed by atoms with van der Waals surface area (Å²) in [5, 5.41) is 6.95. The van der Waals surface area contributed by atoms with Gasteiger partial charge in [0, 0.05) is 39.8 Å². The van der Waals surface area contributed by atoms with Gasteiger partial charge in [0.1, 0.15) is 0 Å². The molecule has 164 valence electrons. The van der Waals surface area contributed by atoms with Crippen LogP contribution in [0.4, 0.5) is 0 Å². The molecule has 3 rings (SSSR count). The maximum absolute atomic E-state index is 5.47. The number of guanidine groups is 1. The van der Waals surface area contributed by atoms with Crippen LogP contribution in [0.15, 0.2) is 41.4 Å². The third kappa shape index (κ3) is 6.96. The van der Waals surface area contributed by atoms with Gasteiger partial charge in [-0.3, -0.25) is 9.89 Å². The Bertz CT molecular complexity index is 824. The van der Waals surface area contributed by atoms with Crippen LogP contribution in [-0.4, -0.2) is 44.2 Å². The number of halogens is 1. The predicted octanol–water partition coefficient (Wildman–Crippen LogP) is 3.93. The predicted molar refractivity (Wildman–Crippen MR) is 136 cm³/mol. The minimum absolute atomic E-state index is 0. The van der Waals surface area contributed by atoms with Crippen molar-refractivity contribution in [3.05, 3.63) is 69.8 Å². The van der Waals surface area contributed by atoms with E-state index in [-0.39, 0.29) is 24.0 Å². The number of rotatable bonds is 6. The Morgan fingerprint density at radius 1 is 0.967 bits per heavy atom. The third-order valence-electron chi connectivity index (χ3n) is 5.56. The molecule has 0 unspecified atom stereocenters. The molecule has 6 heteroatoms. The summed E-state index contributed by atoms with van der Waals surface area (Å²) in [4.78, 5) is 6.86. The Balaban J connectivity index is 0.00000320. The molecule has 0 amide bonds. The molecule has 2 N–H and O–H groups in total. The first-order valence-electron chi connectivity index (χ1n) is 10.4. The maximum atomic E-state index is 5.47. The molecule has 0 bridgehead atoms. The van der Waals surface area contributed by atoms with Gasteiger partial charge >= 0.3 is 0 Å². The Labute approximate surface area is 198 Å². The number of hydrogen-bond donors (Lipinski definition) is 2. The van der Waals surface area contributed by atoms with E-state index in [1.54, 1.807) is 0 Å². The summed E-state index contributed by atoms with van der Waals surface area (Å²) in [6, 6.07) is 13.1. The van der Waals surface area contributed by atoms with E-state index in [1.165, 1.54) is 33.4 Å². The quantitative estimate of drug-likeness (QED) is 0.343. The molecule has 1 aliphatic rings. The fourth-order valence-electron chi connectivity index (χ4n) is 3.94. The molecule has 0 atom stereocenters. The van der Waals surface area contributed by atoms with E-state index < -0.39 is 0 Å². The summed E-state index contributed by atoms with van der Waals surface area (Å²) in [6.45, 7) is 12.6. The van der Waals surface area contributed by atoms with Gasteiger partial charge in [-0.1, -0.05) is 42.0 Å². The SMILES string of the molecule is CN=C(NCc1ccccc1CN1CCOCC1)NCc1c(C)cc(C)cc1C.I. The summed E-state index contributed by atoms with van der Waals surface area (Å²) < 4.78 is 5.47. The fourth-order valence-corrected chi connectivity index (χ4v) is 3.94. The fraction of sp³-hybridized carbons (Fsp3) is 0.458. The standard InChI is InChI=1S/C24H34N4O.HI/c1-18-13-19(2)23(20(3)14-18)16-27-24(25-4)26-15-21-7-5-6-8-22(21)17-28-9-11-29-12-10-28;/h5-8,13-14H,9-12,15-17H2,1-4H3,(H2,25,26,27);1H. The van der Waals surface area contributed by atoms with Gasteiger partial charge in [0.25, 0.3) is 0 Å². The Morgan fingerprint density at radius 3 is 2.20 bits per heavy atom. The Kier molecular flexibility index (Phi) is 10.1. The lowest BCUT2D eigenvalue weighted by Gasteiger charge is -2.27. The zero-order valence-electron chi connectivity index (χ0n) is 18.6. The highest BCUT2D eigenvalue weighted by molar-refractivity contribution is 14.0. The molecule has 2 aromatic carbocycles. The maximum Gasteiger partial charge on any atom is 0.191 e.